The lowest BCUT2D eigenvalue weighted by Gasteiger charge is -2.36. The number of nitrogens with zero attached hydrogens (tertiary/aromatic N) is 7. The van der Waals surface area contributed by atoms with Gasteiger partial charge in [-0.2, -0.15) is 13.2 Å². The van der Waals surface area contributed by atoms with E-state index in [-0.39, 0.29) is 35.8 Å². The molecular formula is C32H35F3N8O2. The SMILES string of the molecule is O=C(CNc1ncnc2ccc(C(F)(F)F)cc12)N1CCC2C1CCN2C1CCC(O)CC1.c1cnc(-c2cccnc2)nc1. The molecule has 2 aliphatic heterocycles. The Hall–Kier alpha value is -4.23. The Kier molecular flexibility index (Phi) is 9.17. The van der Waals surface area contributed by atoms with E-state index in [0.29, 0.717) is 30.0 Å². The summed E-state index contributed by atoms with van der Waals surface area (Å²) in [6, 6.07) is 9.92. The molecule has 1 amide bonds. The zero-order chi connectivity index (χ0) is 31.4. The maximum absolute atomic E-state index is 13.1. The number of aromatic nitrogens is 5. The molecule has 2 unspecified atom stereocenters. The third-order valence-corrected chi connectivity index (χ3v) is 8.93. The topological polar surface area (TPSA) is 120 Å². The Bertz CT molecular complexity index is 1550. The number of alkyl halides is 3. The largest absolute Gasteiger partial charge is 0.416 e. The molecule has 0 radical (unpaired) electrons. The number of amides is 1. The Morgan fingerprint density at radius 3 is 2.42 bits per heavy atom. The van der Waals surface area contributed by atoms with Crippen molar-refractivity contribution in [3.8, 4) is 11.4 Å². The molecule has 45 heavy (non-hydrogen) atoms. The van der Waals surface area contributed by atoms with Crippen molar-refractivity contribution in [3.05, 3.63) is 73.1 Å². The number of pyridine rings is 1. The molecule has 0 spiro atoms. The fourth-order valence-corrected chi connectivity index (χ4v) is 6.75. The fourth-order valence-electron chi connectivity index (χ4n) is 6.75. The lowest BCUT2D eigenvalue weighted by Crippen LogP contribution is -2.45. The van der Waals surface area contributed by atoms with Crippen LogP contribution in [-0.2, 0) is 11.0 Å². The molecule has 3 aromatic heterocycles. The summed E-state index contributed by atoms with van der Waals surface area (Å²) in [5.41, 5.74) is 0.555. The summed E-state index contributed by atoms with van der Waals surface area (Å²) in [6.45, 7) is 1.62. The van der Waals surface area contributed by atoms with Crippen molar-refractivity contribution in [2.75, 3.05) is 25.0 Å². The number of hydrogen-bond donors (Lipinski definition) is 2. The van der Waals surface area contributed by atoms with Crippen LogP contribution in [0.5, 0.6) is 0 Å². The van der Waals surface area contributed by atoms with Crippen molar-refractivity contribution in [1.29, 1.82) is 0 Å². The Morgan fingerprint density at radius 1 is 0.911 bits per heavy atom. The summed E-state index contributed by atoms with van der Waals surface area (Å²) in [5, 5.41) is 13.0. The predicted octanol–water partition coefficient (Wildman–Crippen LogP) is 4.58. The summed E-state index contributed by atoms with van der Waals surface area (Å²) >= 11 is 0. The molecule has 0 bridgehead atoms. The summed E-state index contributed by atoms with van der Waals surface area (Å²) in [4.78, 5) is 37.8. The zero-order valence-electron chi connectivity index (χ0n) is 24.6. The van der Waals surface area contributed by atoms with Crippen LogP contribution in [0.3, 0.4) is 0 Å². The maximum Gasteiger partial charge on any atom is 0.416 e. The third kappa shape index (κ3) is 7.04. The van der Waals surface area contributed by atoms with Gasteiger partial charge in [-0.05, 0) is 74.9 Å². The average molecular weight is 621 g/mol. The number of aliphatic hydroxyl groups is 1. The van der Waals surface area contributed by atoms with Gasteiger partial charge in [0.2, 0.25) is 5.91 Å². The van der Waals surface area contributed by atoms with Crippen LogP contribution in [0.1, 0.15) is 44.1 Å². The quantitative estimate of drug-likeness (QED) is 0.331. The standard InChI is InChI=1S/C23H28F3N5O2.C9H7N3/c24-23(25,26)14-1-6-18-17(11-14)22(29-13-28-18)27-12-21(33)31-10-8-19-20(31)7-9-30(19)15-2-4-16(32)5-3-15;1-3-8(7-10-4-1)9-11-5-2-6-12-9/h1,6,11,13,15-16,19-20,32H,2-5,7-10,12H2,(H,27,28,29);1-7H. The maximum atomic E-state index is 13.1. The van der Waals surface area contributed by atoms with Gasteiger partial charge in [0.05, 0.1) is 23.7 Å². The lowest BCUT2D eigenvalue weighted by atomic mass is 9.91. The van der Waals surface area contributed by atoms with E-state index >= 15 is 0 Å². The second-order valence-electron chi connectivity index (χ2n) is 11.6. The van der Waals surface area contributed by atoms with E-state index in [0.717, 1.165) is 62.8 Å². The van der Waals surface area contributed by atoms with E-state index in [1.165, 1.54) is 12.4 Å². The molecule has 236 valence electrons. The summed E-state index contributed by atoms with van der Waals surface area (Å²) in [6.07, 6.45) is 9.09. The summed E-state index contributed by atoms with van der Waals surface area (Å²) < 4.78 is 39.4. The van der Waals surface area contributed by atoms with Gasteiger partial charge >= 0.3 is 6.18 Å². The Balaban J connectivity index is 0.000000248. The van der Waals surface area contributed by atoms with E-state index in [2.05, 4.69) is 35.1 Å². The monoisotopic (exact) mass is 620 g/mol. The number of rotatable bonds is 5. The highest BCUT2D eigenvalue weighted by molar-refractivity contribution is 5.91. The summed E-state index contributed by atoms with van der Waals surface area (Å²) in [5.74, 6) is 0.872. The predicted molar refractivity (Wildman–Crippen MR) is 162 cm³/mol. The molecule has 2 N–H and O–H groups in total. The van der Waals surface area contributed by atoms with Gasteiger partial charge in [0.25, 0.3) is 0 Å². The number of halogens is 3. The minimum atomic E-state index is -4.47. The first-order chi connectivity index (χ1) is 21.8. The van der Waals surface area contributed by atoms with Crippen LogP contribution in [0.15, 0.2) is 67.5 Å². The molecule has 3 fully saturated rings. The van der Waals surface area contributed by atoms with Crippen molar-refractivity contribution in [2.45, 2.75) is 68.9 Å². The number of carbonyl (C=O) groups is 1. The van der Waals surface area contributed by atoms with Gasteiger partial charge in [-0.25, -0.2) is 19.9 Å². The molecule has 7 rings (SSSR count). The van der Waals surface area contributed by atoms with Crippen molar-refractivity contribution in [2.24, 2.45) is 0 Å². The minimum Gasteiger partial charge on any atom is -0.393 e. The second-order valence-corrected chi connectivity index (χ2v) is 11.6. The number of aliphatic hydroxyl groups excluding tert-OH is 1. The second kappa shape index (κ2) is 13.4. The third-order valence-electron chi connectivity index (χ3n) is 8.93. The average Bonchev–Trinajstić information content (AvgIpc) is 3.67. The molecule has 1 aliphatic carbocycles. The van der Waals surface area contributed by atoms with Crippen LogP contribution in [0.2, 0.25) is 0 Å². The van der Waals surface area contributed by atoms with Gasteiger partial charge in [-0.3, -0.25) is 14.7 Å². The van der Waals surface area contributed by atoms with Crippen molar-refractivity contribution in [1.82, 2.24) is 34.7 Å². The Morgan fingerprint density at radius 2 is 1.69 bits per heavy atom. The van der Waals surface area contributed by atoms with Gasteiger partial charge in [-0.1, -0.05) is 0 Å². The van der Waals surface area contributed by atoms with Crippen LogP contribution < -0.4 is 5.32 Å². The van der Waals surface area contributed by atoms with E-state index < -0.39 is 11.7 Å². The van der Waals surface area contributed by atoms with Gasteiger partial charge < -0.3 is 15.3 Å². The van der Waals surface area contributed by atoms with Crippen LogP contribution in [0.25, 0.3) is 22.3 Å². The first-order valence-electron chi connectivity index (χ1n) is 15.2. The van der Waals surface area contributed by atoms with Crippen LogP contribution in [0, 0.1) is 0 Å². The molecule has 2 atom stereocenters. The van der Waals surface area contributed by atoms with Crippen LogP contribution in [0.4, 0.5) is 19.0 Å². The molecule has 3 aliphatic rings. The molecule has 5 heterocycles. The molecule has 4 aromatic rings. The number of anilines is 1. The molecule has 13 heteroatoms. The number of nitrogens with one attached hydrogen (secondary N) is 1. The number of likely N-dealkylation sites (tertiary alicyclic amines) is 2. The van der Waals surface area contributed by atoms with E-state index in [1.807, 2.05) is 17.0 Å². The zero-order valence-corrected chi connectivity index (χ0v) is 24.6. The van der Waals surface area contributed by atoms with Crippen LogP contribution in [-0.4, -0.2) is 89.6 Å². The summed E-state index contributed by atoms with van der Waals surface area (Å²) in [7, 11) is 0. The van der Waals surface area contributed by atoms with Crippen molar-refractivity contribution in [3.63, 3.8) is 0 Å². The smallest absolute Gasteiger partial charge is 0.393 e. The van der Waals surface area contributed by atoms with E-state index in [4.69, 9.17) is 0 Å². The highest BCUT2D eigenvalue weighted by Crippen LogP contribution is 2.37. The van der Waals surface area contributed by atoms with Crippen molar-refractivity contribution >= 4 is 22.6 Å². The highest BCUT2D eigenvalue weighted by atomic mass is 19.4. The molecular weight excluding hydrogens is 585 g/mol. The fraction of sp³-hybridized carbons (Fsp3) is 0.438. The van der Waals surface area contributed by atoms with Gasteiger partial charge in [0.15, 0.2) is 5.82 Å². The number of hydrogen-bond acceptors (Lipinski definition) is 9. The molecule has 10 nitrogen and oxygen atoms in total. The first-order valence-corrected chi connectivity index (χ1v) is 15.2. The number of benzene rings is 1. The molecule has 1 saturated carbocycles. The lowest BCUT2D eigenvalue weighted by molar-refractivity contribution is -0.137. The molecule has 1 aromatic carbocycles. The molecule has 2 saturated heterocycles. The highest BCUT2D eigenvalue weighted by Gasteiger charge is 2.46. The van der Waals surface area contributed by atoms with Gasteiger partial charge in [0, 0.05) is 67.0 Å². The first kappa shape index (κ1) is 30.8. The van der Waals surface area contributed by atoms with E-state index in [1.54, 1.807) is 30.9 Å². The van der Waals surface area contributed by atoms with Gasteiger partial charge in [-0.15, -0.1) is 0 Å². The van der Waals surface area contributed by atoms with E-state index in [9.17, 15) is 23.1 Å². The Labute approximate surface area is 258 Å². The normalized spacial score (nSPS) is 23.3. The van der Waals surface area contributed by atoms with Crippen LogP contribution >= 0.6 is 0 Å². The van der Waals surface area contributed by atoms with Gasteiger partial charge in [0.1, 0.15) is 12.1 Å². The number of carbonyl (C=O) groups excluding carboxylic acids is 1. The number of fused-ring (bicyclic) bond motifs is 2. The minimum absolute atomic E-state index is 0.0266. The van der Waals surface area contributed by atoms with Crippen molar-refractivity contribution < 1.29 is 23.1 Å².